The number of hydrogen-bond donors (Lipinski definition) is 2. The van der Waals surface area contributed by atoms with Gasteiger partial charge < -0.3 is 10.4 Å². The third-order valence-corrected chi connectivity index (χ3v) is 5.29. The highest BCUT2D eigenvalue weighted by atomic mass is 35.5. The van der Waals surface area contributed by atoms with E-state index in [0.717, 1.165) is 30.8 Å². The van der Waals surface area contributed by atoms with Gasteiger partial charge in [0.15, 0.2) is 0 Å². The molecule has 4 rings (SSSR count). The zero-order valence-electron chi connectivity index (χ0n) is 10.7. The molecule has 0 aliphatic heterocycles. The maximum absolute atomic E-state index is 8.76. The zero-order chi connectivity index (χ0) is 11.0. The molecule has 2 N–H and O–H groups in total. The van der Waals surface area contributed by atoms with Crippen molar-refractivity contribution < 1.29 is 5.11 Å². The highest BCUT2D eigenvalue weighted by molar-refractivity contribution is 5.85. The van der Waals surface area contributed by atoms with Gasteiger partial charge in [0.2, 0.25) is 0 Å². The van der Waals surface area contributed by atoms with E-state index in [-0.39, 0.29) is 19.0 Å². The SMILES string of the molecule is Cl.OCCNCCC12CC3CC(CC(C3)C1)C2. The van der Waals surface area contributed by atoms with Crippen molar-refractivity contribution in [1.82, 2.24) is 5.32 Å². The second-order valence-electron chi connectivity index (χ2n) is 6.64. The lowest BCUT2D eigenvalue weighted by Crippen LogP contribution is -2.47. The Bertz CT molecular complexity index is 221. The zero-order valence-corrected chi connectivity index (χ0v) is 11.5. The summed E-state index contributed by atoms with van der Waals surface area (Å²) in [6, 6.07) is 0. The third-order valence-electron chi connectivity index (χ3n) is 5.29. The van der Waals surface area contributed by atoms with Gasteiger partial charge in [-0.25, -0.2) is 0 Å². The van der Waals surface area contributed by atoms with Crippen LogP contribution in [0.4, 0.5) is 0 Å². The number of rotatable bonds is 5. The van der Waals surface area contributed by atoms with E-state index in [2.05, 4.69) is 5.32 Å². The van der Waals surface area contributed by atoms with E-state index >= 15 is 0 Å². The lowest BCUT2D eigenvalue weighted by Gasteiger charge is -2.57. The van der Waals surface area contributed by atoms with Crippen molar-refractivity contribution in [2.75, 3.05) is 19.7 Å². The summed E-state index contributed by atoms with van der Waals surface area (Å²) in [6.45, 7) is 2.17. The summed E-state index contributed by atoms with van der Waals surface area (Å²) in [4.78, 5) is 0. The van der Waals surface area contributed by atoms with Crippen LogP contribution in [-0.2, 0) is 0 Å². The molecule has 3 heteroatoms. The molecule has 4 aliphatic carbocycles. The summed E-state index contributed by atoms with van der Waals surface area (Å²) >= 11 is 0. The first kappa shape index (κ1) is 13.6. The fraction of sp³-hybridized carbons (Fsp3) is 1.00. The van der Waals surface area contributed by atoms with Crippen LogP contribution in [0.15, 0.2) is 0 Å². The molecule has 4 fully saturated rings. The summed E-state index contributed by atoms with van der Waals surface area (Å²) < 4.78 is 0. The van der Waals surface area contributed by atoms with Crippen molar-refractivity contribution in [2.45, 2.75) is 44.9 Å². The highest BCUT2D eigenvalue weighted by Crippen LogP contribution is 2.61. The number of halogens is 1. The topological polar surface area (TPSA) is 32.3 Å². The van der Waals surface area contributed by atoms with Crippen molar-refractivity contribution in [2.24, 2.45) is 23.2 Å². The molecule has 4 bridgehead atoms. The van der Waals surface area contributed by atoms with Crippen LogP contribution in [0.25, 0.3) is 0 Å². The predicted molar refractivity (Wildman–Crippen MR) is 72.4 cm³/mol. The quantitative estimate of drug-likeness (QED) is 0.744. The van der Waals surface area contributed by atoms with Gasteiger partial charge in [0.1, 0.15) is 0 Å². The Hall–Kier alpha value is 0.210. The minimum Gasteiger partial charge on any atom is -0.395 e. The van der Waals surface area contributed by atoms with E-state index in [0.29, 0.717) is 5.41 Å². The fourth-order valence-corrected chi connectivity index (χ4v) is 5.15. The summed E-state index contributed by atoms with van der Waals surface area (Å²) in [5.74, 6) is 3.22. The molecule has 0 amide bonds. The van der Waals surface area contributed by atoms with Crippen LogP contribution < -0.4 is 5.32 Å². The lowest BCUT2D eigenvalue weighted by molar-refractivity contribution is -0.0567. The Morgan fingerprint density at radius 2 is 1.47 bits per heavy atom. The van der Waals surface area contributed by atoms with Gasteiger partial charge in [-0.3, -0.25) is 0 Å². The monoisotopic (exact) mass is 259 g/mol. The van der Waals surface area contributed by atoms with Crippen molar-refractivity contribution in [3.8, 4) is 0 Å². The molecule has 2 nitrogen and oxygen atoms in total. The van der Waals surface area contributed by atoms with E-state index in [9.17, 15) is 0 Å². The summed E-state index contributed by atoms with van der Waals surface area (Å²) in [6.07, 6.45) is 10.5. The summed E-state index contributed by atoms with van der Waals surface area (Å²) in [7, 11) is 0. The summed E-state index contributed by atoms with van der Waals surface area (Å²) in [5.41, 5.74) is 0.706. The van der Waals surface area contributed by atoms with E-state index in [1.165, 1.54) is 25.7 Å². The minimum atomic E-state index is 0. The van der Waals surface area contributed by atoms with Crippen LogP contribution in [0.2, 0.25) is 0 Å². The lowest BCUT2D eigenvalue weighted by atomic mass is 9.49. The predicted octanol–water partition coefficient (Wildman–Crippen LogP) is 2.60. The Morgan fingerprint density at radius 1 is 0.941 bits per heavy atom. The molecule has 0 aromatic carbocycles. The molecular formula is C14H26ClNO. The maximum Gasteiger partial charge on any atom is 0.0555 e. The van der Waals surface area contributed by atoms with Crippen molar-refractivity contribution in [3.63, 3.8) is 0 Å². The molecule has 17 heavy (non-hydrogen) atoms. The summed E-state index contributed by atoms with van der Waals surface area (Å²) in [5, 5.41) is 12.1. The first-order valence-electron chi connectivity index (χ1n) is 7.11. The van der Waals surface area contributed by atoms with Crippen LogP contribution >= 0.6 is 12.4 Å². The molecule has 0 aromatic rings. The van der Waals surface area contributed by atoms with Gasteiger partial charge in [0, 0.05) is 6.54 Å². The molecular weight excluding hydrogens is 234 g/mol. The van der Waals surface area contributed by atoms with Crippen LogP contribution in [0.1, 0.15) is 44.9 Å². The number of aliphatic hydroxyl groups is 1. The largest absolute Gasteiger partial charge is 0.395 e. The molecule has 0 spiro atoms. The first-order valence-corrected chi connectivity index (χ1v) is 7.11. The molecule has 0 radical (unpaired) electrons. The maximum atomic E-state index is 8.76. The van der Waals surface area contributed by atoms with E-state index in [1.807, 2.05) is 0 Å². The van der Waals surface area contributed by atoms with Gasteiger partial charge in [0.25, 0.3) is 0 Å². The fourth-order valence-electron chi connectivity index (χ4n) is 5.15. The van der Waals surface area contributed by atoms with Crippen LogP contribution in [0, 0.1) is 23.2 Å². The Labute approximate surface area is 111 Å². The second kappa shape index (κ2) is 5.46. The average molecular weight is 260 g/mol. The van der Waals surface area contributed by atoms with Gasteiger partial charge in [-0.1, -0.05) is 0 Å². The molecule has 4 aliphatic rings. The standard InChI is InChI=1S/C14H25NO.ClH/c16-4-3-15-2-1-14-8-11-5-12(9-14)7-13(6-11)10-14;/h11-13,15-16H,1-10H2;1H. The normalized spacial score (nSPS) is 42.5. The first-order chi connectivity index (χ1) is 7.80. The third kappa shape index (κ3) is 2.80. The van der Waals surface area contributed by atoms with Crippen molar-refractivity contribution >= 4 is 12.4 Å². The highest BCUT2D eigenvalue weighted by Gasteiger charge is 2.50. The molecule has 100 valence electrons. The number of nitrogens with one attached hydrogen (secondary N) is 1. The van der Waals surface area contributed by atoms with Gasteiger partial charge in [-0.15, -0.1) is 12.4 Å². The second-order valence-corrected chi connectivity index (χ2v) is 6.64. The van der Waals surface area contributed by atoms with E-state index in [4.69, 9.17) is 5.11 Å². The Balaban J connectivity index is 0.00000108. The molecule has 0 heterocycles. The van der Waals surface area contributed by atoms with Gasteiger partial charge in [-0.2, -0.15) is 0 Å². The number of aliphatic hydroxyl groups excluding tert-OH is 1. The molecule has 0 atom stereocenters. The minimum absolute atomic E-state index is 0. The molecule has 4 saturated carbocycles. The van der Waals surface area contributed by atoms with Crippen LogP contribution in [0.3, 0.4) is 0 Å². The van der Waals surface area contributed by atoms with Crippen molar-refractivity contribution in [1.29, 1.82) is 0 Å². The van der Waals surface area contributed by atoms with Gasteiger partial charge in [0.05, 0.1) is 6.61 Å². The van der Waals surface area contributed by atoms with Crippen LogP contribution in [0.5, 0.6) is 0 Å². The van der Waals surface area contributed by atoms with Gasteiger partial charge >= 0.3 is 0 Å². The smallest absolute Gasteiger partial charge is 0.0555 e. The number of hydrogen-bond acceptors (Lipinski definition) is 2. The van der Waals surface area contributed by atoms with Crippen molar-refractivity contribution in [3.05, 3.63) is 0 Å². The Kier molecular flexibility index (Phi) is 4.38. The Morgan fingerprint density at radius 3 is 1.94 bits per heavy atom. The molecule has 0 saturated heterocycles. The molecule has 0 aromatic heterocycles. The molecule has 0 unspecified atom stereocenters. The van der Waals surface area contributed by atoms with Gasteiger partial charge in [-0.05, 0) is 74.7 Å². The average Bonchev–Trinajstić information content (AvgIpc) is 2.22. The van der Waals surface area contributed by atoms with E-state index < -0.39 is 0 Å². The van der Waals surface area contributed by atoms with E-state index in [1.54, 1.807) is 19.3 Å². The van der Waals surface area contributed by atoms with Crippen LogP contribution in [-0.4, -0.2) is 24.8 Å².